The fourth-order valence-corrected chi connectivity index (χ4v) is 3.72. The van der Waals surface area contributed by atoms with E-state index in [0.29, 0.717) is 18.7 Å². The Bertz CT molecular complexity index is 1230. The highest BCUT2D eigenvalue weighted by Gasteiger charge is 2.21. The molecule has 0 unspecified atom stereocenters. The van der Waals surface area contributed by atoms with Crippen molar-refractivity contribution in [2.45, 2.75) is 13.1 Å². The minimum atomic E-state index is -0.432. The number of rotatable bonds is 8. The van der Waals surface area contributed by atoms with Gasteiger partial charge in [-0.15, -0.1) is 0 Å². The van der Waals surface area contributed by atoms with Gasteiger partial charge in [-0.25, -0.2) is 0 Å². The van der Waals surface area contributed by atoms with Crippen LogP contribution in [0.25, 0.3) is 11.6 Å². The third-order valence-electron chi connectivity index (χ3n) is 5.45. The molecule has 0 aromatic heterocycles. The van der Waals surface area contributed by atoms with Crippen molar-refractivity contribution in [3.05, 3.63) is 148 Å². The molecule has 0 heterocycles. The van der Waals surface area contributed by atoms with Gasteiger partial charge in [0.15, 0.2) is 0 Å². The molecule has 4 rings (SSSR count). The average molecular weight is 449 g/mol. The Balaban J connectivity index is 1.73. The summed E-state index contributed by atoms with van der Waals surface area (Å²) in [7, 11) is 0. The Hall–Kier alpha value is -4.51. The first kappa shape index (κ1) is 22.7. The molecule has 0 N–H and O–H groups in total. The summed E-state index contributed by atoms with van der Waals surface area (Å²) < 4.78 is 0. The Kier molecular flexibility index (Phi) is 7.25. The number of nitro groups is 1. The average Bonchev–Trinajstić information content (AvgIpc) is 2.88. The van der Waals surface area contributed by atoms with Crippen LogP contribution in [0.4, 0.5) is 5.69 Å². The molecule has 168 valence electrons. The third kappa shape index (κ3) is 5.84. The van der Waals surface area contributed by atoms with Crippen LogP contribution in [0, 0.1) is 10.1 Å². The van der Waals surface area contributed by atoms with Gasteiger partial charge in [0.1, 0.15) is 0 Å². The van der Waals surface area contributed by atoms with Gasteiger partial charge in [0, 0.05) is 30.8 Å². The lowest BCUT2D eigenvalue weighted by Crippen LogP contribution is -2.30. The van der Waals surface area contributed by atoms with Crippen molar-refractivity contribution < 1.29 is 9.72 Å². The summed E-state index contributed by atoms with van der Waals surface area (Å²) in [6.45, 7) is 0.915. The fourth-order valence-electron chi connectivity index (χ4n) is 3.72. The molecular weight excluding hydrogens is 424 g/mol. The maximum Gasteiger partial charge on any atom is 0.269 e. The molecule has 0 aliphatic carbocycles. The van der Waals surface area contributed by atoms with E-state index in [1.165, 1.54) is 12.1 Å². The summed E-state index contributed by atoms with van der Waals surface area (Å²) in [6.07, 6.45) is 1.80. The van der Waals surface area contributed by atoms with Crippen molar-refractivity contribution in [2.24, 2.45) is 0 Å². The molecule has 1 amide bonds. The number of nitro benzene ring substituents is 1. The van der Waals surface area contributed by atoms with E-state index in [1.54, 1.807) is 18.2 Å². The molecule has 0 bridgehead atoms. The highest BCUT2D eigenvalue weighted by atomic mass is 16.6. The molecule has 0 radical (unpaired) electrons. The Morgan fingerprint density at radius 2 is 1.18 bits per heavy atom. The topological polar surface area (TPSA) is 63.4 Å². The highest BCUT2D eigenvalue weighted by molar-refractivity contribution is 6.24. The van der Waals surface area contributed by atoms with Crippen molar-refractivity contribution >= 4 is 23.2 Å². The molecule has 0 aliphatic heterocycles. The van der Waals surface area contributed by atoms with Crippen LogP contribution in [0.2, 0.25) is 0 Å². The Labute approximate surface area is 198 Å². The van der Waals surface area contributed by atoms with E-state index in [9.17, 15) is 14.9 Å². The molecule has 0 saturated carbocycles. The van der Waals surface area contributed by atoms with Gasteiger partial charge in [-0.2, -0.15) is 0 Å². The zero-order chi connectivity index (χ0) is 23.8. The molecule has 5 heteroatoms. The molecule has 0 spiro atoms. The minimum absolute atomic E-state index is 0.0134. The van der Waals surface area contributed by atoms with Crippen LogP contribution in [-0.2, 0) is 17.9 Å². The molecule has 4 aromatic carbocycles. The second-order valence-corrected chi connectivity index (χ2v) is 7.91. The van der Waals surface area contributed by atoms with Crippen molar-refractivity contribution in [2.75, 3.05) is 0 Å². The number of hydrogen-bond acceptors (Lipinski definition) is 3. The molecule has 5 nitrogen and oxygen atoms in total. The lowest BCUT2D eigenvalue weighted by atomic mass is 10.0. The summed E-state index contributed by atoms with van der Waals surface area (Å²) >= 11 is 0. The number of carbonyl (C=O) groups excluding carboxylic acids is 1. The van der Waals surface area contributed by atoms with Crippen LogP contribution in [0.15, 0.2) is 115 Å². The van der Waals surface area contributed by atoms with Gasteiger partial charge in [-0.05, 0) is 40.5 Å². The van der Waals surface area contributed by atoms with Gasteiger partial charge in [0.2, 0.25) is 0 Å². The summed E-state index contributed by atoms with van der Waals surface area (Å²) in [4.78, 5) is 26.4. The van der Waals surface area contributed by atoms with Gasteiger partial charge >= 0.3 is 0 Å². The molecule has 0 fully saturated rings. The highest BCUT2D eigenvalue weighted by Crippen LogP contribution is 2.24. The smallest absolute Gasteiger partial charge is 0.269 e. The van der Waals surface area contributed by atoms with Crippen LogP contribution < -0.4 is 0 Å². The third-order valence-corrected chi connectivity index (χ3v) is 5.45. The van der Waals surface area contributed by atoms with Crippen LogP contribution >= 0.6 is 0 Å². The van der Waals surface area contributed by atoms with Gasteiger partial charge in [0.05, 0.1) is 4.92 Å². The molecule has 0 saturated heterocycles. The number of amides is 1. The largest absolute Gasteiger partial charge is 0.330 e. The quantitative estimate of drug-likeness (QED) is 0.136. The van der Waals surface area contributed by atoms with Gasteiger partial charge < -0.3 is 4.90 Å². The monoisotopic (exact) mass is 448 g/mol. The predicted octanol–water partition coefficient (Wildman–Crippen LogP) is 6.36. The lowest BCUT2D eigenvalue weighted by molar-refractivity contribution is -0.384. The Morgan fingerprint density at radius 3 is 1.65 bits per heavy atom. The SMILES string of the molecule is O=C(/C(=C/c1ccc([N+](=O)[O-])cc1)c1ccccc1)N(Cc1ccccc1)Cc1ccccc1. The first-order chi connectivity index (χ1) is 16.6. The van der Waals surface area contributed by atoms with Gasteiger partial charge in [-0.1, -0.05) is 91.0 Å². The summed E-state index contributed by atoms with van der Waals surface area (Å²) in [5, 5.41) is 11.0. The van der Waals surface area contributed by atoms with Crippen molar-refractivity contribution in [3.8, 4) is 0 Å². The number of benzene rings is 4. The first-order valence-corrected chi connectivity index (χ1v) is 11.0. The lowest BCUT2D eigenvalue weighted by Gasteiger charge is -2.25. The van der Waals surface area contributed by atoms with E-state index in [0.717, 1.165) is 22.3 Å². The number of nitrogens with zero attached hydrogens (tertiary/aromatic N) is 2. The minimum Gasteiger partial charge on any atom is -0.330 e. The normalized spacial score (nSPS) is 11.1. The summed E-state index contributed by atoms with van der Waals surface area (Å²) in [5.74, 6) is -0.114. The zero-order valence-corrected chi connectivity index (χ0v) is 18.6. The second-order valence-electron chi connectivity index (χ2n) is 7.91. The van der Waals surface area contributed by atoms with Crippen LogP contribution in [0.1, 0.15) is 22.3 Å². The molecular formula is C29H24N2O3. The Morgan fingerprint density at radius 1 is 0.706 bits per heavy atom. The second kappa shape index (κ2) is 10.9. The maximum atomic E-state index is 14.0. The van der Waals surface area contributed by atoms with E-state index in [2.05, 4.69) is 0 Å². The number of hydrogen-bond donors (Lipinski definition) is 0. The van der Waals surface area contributed by atoms with E-state index in [4.69, 9.17) is 0 Å². The van der Waals surface area contributed by atoms with Gasteiger partial charge in [0.25, 0.3) is 11.6 Å². The van der Waals surface area contributed by atoms with Crippen molar-refractivity contribution in [1.29, 1.82) is 0 Å². The van der Waals surface area contributed by atoms with E-state index in [1.807, 2.05) is 95.9 Å². The molecule has 0 aliphatic rings. The van der Waals surface area contributed by atoms with Crippen LogP contribution in [0.5, 0.6) is 0 Å². The summed E-state index contributed by atoms with van der Waals surface area (Å²) in [6, 6.07) is 35.5. The van der Waals surface area contributed by atoms with Crippen molar-refractivity contribution in [1.82, 2.24) is 4.90 Å². The van der Waals surface area contributed by atoms with Gasteiger partial charge in [-0.3, -0.25) is 14.9 Å². The van der Waals surface area contributed by atoms with E-state index >= 15 is 0 Å². The van der Waals surface area contributed by atoms with E-state index in [-0.39, 0.29) is 11.6 Å². The zero-order valence-electron chi connectivity index (χ0n) is 18.6. The summed E-state index contributed by atoms with van der Waals surface area (Å²) in [5.41, 5.74) is 4.12. The van der Waals surface area contributed by atoms with Crippen molar-refractivity contribution in [3.63, 3.8) is 0 Å². The fraction of sp³-hybridized carbons (Fsp3) is 0.0690. The molecule has 4 aromatic rings. The predicted molar refractivity (Wildman–Crippen MR) is 135 cm³/mol. The van der Waals surface area contributed by atoms with Crippen LogP contribution in [-0.4, -0.2) is 15.7 Å². The maximum absolute atomic E-state index is 14.0. The molecule has 0 atom stereocenters. The van der Waals surface area contributed by atoms with E-state index < -0.39 is 4.92 Å². The number of non-ortho nitro benzene ring substituents is 1. The van der Waals surface area contributed by atoms with Crippen LogP contribution in [0.3, 0.4) is 0 Å². The first-order valence-electron chi connectivity index (χ1n) is 11.0. The number of carbonyl (C=O) groups is 1. The standard InChI is InChI=1S/C29H24N2O3/c32-29(30(21-24-10-4-1-5-11-24)22-25-12-6-2-7-13-25)28(26-14-8-3-9-15-26)20-23-16-18-27(19-17-23)31(33)34/h1-20H,21-22H2/b28-20+. The molecule has 34 heavy (non-hydrogen) atoms.